The first-order valence-corrected chi connectivity index (χ1v) is 16.2. The number of hydrogen-bond acceptors (Lipinski definition) is 7. The summed E-state index contributed by atoms with van der Waals surface area (Å²) in [4.78, 5) is 45.7. The Hall–Kier alpha value is -5.19. The molecule has 5 rings (SSSR count). The molecular formula is C36H32N4O4S2. The first-order chi connectivity index (χ1) is 22.3. The number of carbonyl (C=O) groups is 3. The molecule has 0 radical (unpaired) electrons. The van der Waals surface area contributed by atoms with E-state index in [1.54, 1.807) is 67.8 Å². The highest BCUT2D eigenvalue weighted by molar-refractivity contribution is 8.00. The van der Waals surface area contributed by atoms with Crippen molar-refractivity contribution in [2.24, 2.45) is 0 Å². The molecule has 0 spiro atoms. The van der Waals surface area contributed by atoms with E-state index < -0.39 is 11.8 Å². The molecule has 232 valence electrons. The van der Waals surface area contributed by atoms with Gasteiger partial charge in [-0.3, -0.25) is 14.4 Å². The molecule has 5 aromatic rings. The van der Waals surface area contributed by atoms with Gasteiger partial charge in [-0.05, 0) is 56.3 Å². The quantitative estimate of drug-likeness (QED) is 0.101. The first kappa shape index (κ1) is 32.2. The van der Waals surface area contributed by atoms with Crippen LogP contribution in [0.2, 0.25) is 0 Å². The minimum absolute atomic E-state index is 0.0412. The molecule has 1 aromatic heterocycles. The monoisotopic (exact) mass is 648 g/mol. The van der Waals surface area contributed by atoms with E-state index in [2.05, 4.69) is 20.9 Å². The van der Waals surface area contributed by atoms with Gasteiger partial charge in [0.25, 0.3) is 11.8 Å². The number of ether oxygens (including phenoxy) is 1. The number of hydrogen-bond donors (Lipinski definition) is 3. The average molecular weight is 649 g/mol. The smallest absolute Gasteiger partial charge is 0.272 e. The van der Waals surface area contributed by atoms with E-state index in [0.29, 0.717) is 27.7 Å². The van der Waals surface area contributed by atoms with E-state index in [-0.39, 0.29) is 17.4 Å². The third-order valence-corrected chi connectivity index (χ3v) is 8.68. The van der Waals surface area contributed by atoms with E-state index in [1.165, 1.54) is 28.7 Å². The Morgan fingerprint density at radius 3 is 2.37 bits per heavy atom. The predicted octanol–water partition coefficient (Wildman–Crippen LogP) is 7.58. The summed E-state index contributed by atoms with van der Waals surface area (Å²) in [5.74, 6) is -0.415. The Kier molecular flexibility index (Phi) is 10.6. The second-order valence-corrected chi connectivity index (χ2v) is 12.5. The third kappa shape index (κ3) is 8.50. The minimum Gasteiger partial charge on any atom is -0.496 e. The number of amides is 3. The van der Waals surface area contributed by atoms with Crippen LogP contribution < -0.4 is 20.7 Å². The fraction of sp³-hybridized carbons (Fsp3) is 0.111. The van der Waals surface area contributed by atoms with Gasteiger partial charge in [-0.25, -0.2) is 4.98 Å². The molecule has 0 aliphatic heterocycles. The maximum atomic E-state index is 13.5. The number of nitrogens with one attached hydrogen (secondary N) is 3. The molecule has 8 nitrogen and oxygen atoms in total. The molecule has 0 aliphatic rings. The van der Waals surface area contributed by atoms with Gasteiger partial charge >= 0.3 is 0 Å². The summed E-state index contributed by atoms with van der Waals surface area (Å²) in [7, 11) is 1.54. The molecule has 0 bridgehead atoms. The molecule has 10 heteroatoms. The fourth-order valence-corrected chi connectivity index (χ4v) is 6.09. The lowest BCUT2D eigenvalue weighted by atomic mass is 10.1. The summed E-state index contributed by atoms with van der Waals surface area (Å²) in [6.07, 6.45) is 1.57. The van der Waals surface area contributed by atoms with E-state index in [0.717, 1.165) is 21.0 Å². The summed E-state index contributed by atoms with van der Waals surface area (Å²) >= 11 is 2.77. The van der Waals surface area contributed by atoms with Crippen LogP contribution >= 0.6 is 23.1 Å². The van der Waals surface area contributed by atoms with Crippen LogP contribution in [0.3, 0.4) is 0 Å². The number of methoxy groups -OCH3 is 1. The fourth-order valence-electron chi connectivity index (χ4n) is 4.48. The Balaban J connectivity index is 1.25. The van der Waals surface area contributed by atoms with E-state index in [9.17, 15) is 14.4 Å². The molecule has 0 aliphatic carbocycles. The molecule has 46 heavy (non-hydrogen) atoms. The first-order valence-electron chi connectivity index (χ1n) is 14.4. The maximum Gasteiger partial charge on any atom is 0.272 e. The van der Waals surface area contributed by atoms with Gasteiger partial charge in [0.1, 0.15) is 11.4 Å². The minimum atomic E-state index is -0.515. The average Bonchev–Trinajstić information content (AvgIpc) is 3.43. The summed E-state index contributed by atoms with van der Waals surface area (Å²) in [5.41, 5.74) is 4.63. The molecule has 0 unspecified atom stereocenters. The van der Waals surface area contributed by atoms with Crippen molar-refractivity contribution < 1.29 is 19.1 Å². The van der Waals surface area contributed by atoms with Crippen molar-refractivity contribution in [1.29, 1.82) is 0 Å². The van der Waals surface area contributed by atoms with Crippen molar-refractivity contribution in [3.63, 3.8) is 0 Å². The lowest BCUT2D eigenvalue weighted by Crippen LogP contribution is -2.30. The Morgan fingerprint density at radius 1 is 0.870 bits per heavy atom. The number of rotatable bonds is 11. The van der Waals surface area contributed by atoms with Crippen LogP contribution in [0.15, 0.2) is 114 Å². The van der Waals surface area contributed by atoms with Gasteiger partial charge in [0.05, 0.1) is 18.6 Å². The molecule has 3 amide bonds. The molecule has 4 aromatic carbocycles. The normalized spacial score (nSPS) is 11.1. The summed E-state index contributed by atoms with van der Waals surface area (Å²) < 4.78 is 5.44. The maximum absolute atomic E-state index is 13.5. The number of benzene rings is 4. The zero-order chi connectivity index (χ0) is 32.5. The lowest BCUT2D eigenvalue weighted by molar-refractivity contribution is -0.114. The predicted molar refractivity (Wildman–Crippen MR) is 186 cm³/mol. The van der Waals surface area contributed by atoms with Crippen molar-refractivity contribution in [2.45, 2.75) is 18.7 Å². The number of aromatic nitrogens is 1. The van der Waals surface area contributed by atoms with Gasteiger partial charge in [0, 0.05) is 32.2 Å². The second kappa shape index (κ2) is 15.2. The lowest BCUT2D eigenvalue weighted by Gasteiger charge is -2.13. The van der Waals surface area contributed by atoms with Crippen molar-refractivity contribution in [2.75, 3.05) is 23.5 Å². The summed E-state index contributed by atoms with van der Waals surface area (Å²) in [5, 5.41) is 9.06. The second-order valence-electron chi connectivity index (χ2n) is 10.2. The highest BCUT2D eigenvalue weighted by atomic mass is 32.2. The van der Waals surface area contributed by atoms with Gasteiger partial charge in [0.15, 0.2) is 5.13 Å². The van der Waals surface area contributed by atoms with E-state index in [4.69, 9.17) is 4.74 Å². The van der Waals surface area contributed by atoms with Crippen molar-refractivity contribution in [1.82, 2.24) is 10.3 Å². The van der Waals surface area contributed by atoms with Crippen LogP contribution in [0.25, 0.3) is 17.3 Å². The summed E-state index contributed by atoms with van der Waals surface area (Å²) in [6.45, 7) is 4.02. The topological polar surface area (TPSA) is 109 Å². The van der Waals surface area contributed by atoms with Gasteiger partial charge in [0.2, 0.25) is 5.91 Å². The standard InChI is InChI=1S/C36H32N4O4S2/c1-23-16-18-25(19-17-23)33-24(2)46-36(40-33)39-32(41)22-45-29-14-9-13-28(21-29)37-35(43)30(20-27-12-7-8-15-31(27)44-3)38-34(42)26-10-5-4-6-11-26/h4-21H,22H2,1-3H3,(H,37,43)(H,38,42)(H,39,40,41)/b30-20+. The van der Waals surface area contributed by atoms with Crippen LogP contribution in [0.1, 0.15) is 26.4 Å². The van der Waals surface area contributed by atoms with E-state index in [1.807, 2.05) is 62.4 Å². The molecule has 0 saturated carbocycles. The van der Waals surface area contributed by atoms with Crippen molar-refractivity contribution in [3.8, 4) is 17.0 Å². The summed E-state index contributed by atoms with van der Waals surface area (Å²) in [6, 6.07) is 31.2. The zero-order valence-electron chi connectivity index (χ0n) is 25.5. The highest BCUT2D eigenvalue weighted by Gasteiger charge is 2.17. The highest BCUT2D eigenvalue weighted by Crippen LogP contribution is 2.31. The van der Waals surface area contributed by atoms with Crippen LogP contribution in [-0.2, 0) is 9.59 Å². The van der Waals surface area contributed by atoms with Gasteiger partial charge in [-0.1, -0.05) is 72.3 Å². The third-order valence-electron chi connectivity index (χ3n) is 6.80. The van der Waals surface area contributed by atoms with Gasteiger partial charge in [-0.2, -0.15) is 0 Å². The number of carbonyl (C=O) groups excluding carboxylic acids is 3. The van der Waals surface area contributed by atoms with Gasteiger partial charge in [-0.15, -0.1) is 23.1 Å². The van der Waals surface area contributed by atoms with Crippen molar-refractivity contribution >= 4 is 57.7 Å². The SMILES string of the molecule is COc1ccccc1/C=C(/NC(=O)c1ccccc1)C(=O)Nc1cccc(SCC(=O)Nc2nc(-c3ccc(C)cc3)c(C)s2)c1. The van der Waals surface area contributed by atoms with Gasteiger partial charge < -0.3 is 20.7 Å². The van der Waals surface area contributed by atoms with Crippen LogP contribution in [0, 0.1) is 13.8 Å². The molecule has 3 N–H and O–H groups in total. The number of anilines is 2. The molecular weight excluding hydrogens is 617 g/mol. The number of para-hydroxylation sites is 1. The van der Waals surface area contributed by atoms with Crippen LogP contribution in [0.5, 0.6) is 5.75 Å². The molecule has 0 atom stereocenters. The molecule has 1 heterocycles. The Bertz CT molecular complexity index is 1890. The largest absolute Gasteiger partial charge is 0.496 e. The number of nitrogens with zero attached hydrogens (tertiary/aromatic N) is 1. The number of aryl methyl sites for hydroxylation is 2. The Labute approximate surface area is 275 Å². The van der Waals surface area contributed by atoms with Crippen molar-refractivity contribution in [3.05, 3.63) is 130 Å². The van der Waals surface area contributed by atoms with Crippen LogP contribution in [0.4, 0.5) is 10.8 Å². The van der Waals surface area contributed by atoms with Crippen LogP contribution in [-0.4, -0.2) is 35.6 Å². The Morgan fingerprint density at radius 2 is 1.61 bits per heavy atom. The van der Waals surface area contributed by atoms with E-state index >= 15 is 0 Å². The number of thioether (sulfide) groups is 1. The molecule has 0 fully saturated rings. The number of thiazole rings is 1. The zero-order valence-corrected chi connectivity index (χ0v) is 27.1. The molecule has 0 saturated heterocycles.